The normalized spacial score (nSPS) is 31.0. The molecule has 4 rings (SSSR count). The van der Waals surface area contributed by atoms with Crippen LogP contribution in [0.1, 0.15) is 38.3 Å². The Morgan fingerprint density at radius 2 is 1.83 bits per heavy atom. The standard InChI is InChI=1S/C24H32N2O4/c1-14-12-17-19(13-15(14)2)30-23-20(22(17)27)21(16-8-6-7-9-18(16)29-5)26(24(23)28)11-10-25(3)4/h6-9,14-15,17,19,21H,10-13H2,1-5H3. The molecule has 6 nitrogen and oxygen atoms in total. The zero-order valence-corrected chi connectivity index (χ0v) is 18.6. The Hall–Kier alpha value is -2.34. The molecule has 1 amide bonds. The second-order valence-electron chi connectivity index (χ2n) is 9.24. The number of ether oxygens (including phenoxy) is 2. The van der Waals surface area contributed by atoms with E-state index in [1.807, 2.05) is 43.3 Å². The number of ketones is 1. The largest absolute Gasteiger partial charge is 0.496 e. The fourth-order valence-corrected chi connectivity index (χ4v) is 5.06. The lowest BCUT2D eigenvalue weighted by molar-refractivity contribution is -0.137. The van der Waals surface area contributed by atoms with Crippen molar-refractivity contribution >= 4 is 11.7 Å². The molecule has 1 saturated carbocycles. The SMILES string of the molecule is COc1ccccc1C1C2=C(OC3CC(C)C(C)CC3C2=O)C(=O)N1CCN(C)C. The molecule has 1 aliphatic carbocycles. The topological polar surface area (TPSA) is 59.1 Å². The monoisotopic (exact) mass is 412 g/mol. The summed E-state index contributed by atoms with van der Waals surface area (Å²) in [6.07, 6.45) is 1.43. The quantitative estimate of drug-likeness (QED) is 0.744. The summed E-state index contributed by atoms with van der Waals surface area (Å²) in [6.45, 7) is 5.63. The van der Waals surface area contributed by atoms with E-state index in [1.165, 1.54) is 0 Å². The van der Waals surface area contributed by atoms with Crippen LogP contribution >= 0.6 is 0 Å². The van der Waals surface area contributed by atoms with Crippen LogP contribution in [0.5, 0.6) is 5.75 Å². The van der Waals surface area contributed by atoms with Crippen molar-refractivity contribution in [2.24, 2.45) is 17.8 Å². The van der Waals surface area contributed by atoms with E-state index < -0.39 is 6.04 Å². The van der Waals surface area contributed by atoms with Crippen molar-refractivity contribution in [3.8, 4) is 5.75 Å². The number of nitrogens with zero attached hydrogens (tertiary/aromatic N) is 2. The van der Waals surface area contributed by atoms with Crippen LogP contribution in [0.2, 0.25) is 0 Å². The number of methoxy groups -OCH3 is 1. The van der Waals surface area contributed by atoms with Crippen LogP contribution in [-0.2, 0) is 14.3 Å². The molecule has 6 heteroatoms. The molecule has 0 saturated heterocycles. The summed E-state index contributed by atoms with van der Waals surface area (Å²) in [5.41, 5.74) is 1.36. The van der Waals surface area contributed by atoms with Gasteiger partial charge in [-0.2, -0.15) is 0 Å². The number of hydrogen-bond donors (Lipinski definition) is 0. The number of carbonyl (C=O) groups excluding carboxylic acids is 2. The van der Waals surface area contributed by atoms with E-state index in [-0.39, 0.29) is 29.5 Å². The Morgan fingerprint density at radius 1 is 1.13 bits per heavy atom. The first kappa shape index (κ1) is 20.9. The van der Waals surface area contributed by atoms with E-state index in [2.05, 4.69) is 13.8 Å². The van der Waals surface area contributed by atoms with E-state index in [4.69, 9.17) is 9.47 Å². The minimum Gasteiger partial charge on any atom is -0.496 e. The average molecular weight is 413 g/mol. The number of Topliss-reactive ketones (excluding diaryl/α,β-unsaturated/α-hetero) is 1. The molecular weight excluding hydrogens is 380 g/mol. The van der Waals surface area contributed by atoms with Crippen molar-refractivity contribution < 1.29 is 19.1 Å². The summed E-state index contributed by atoms with van der Waals surface area (Å²) >= 11 is 0. The van der Waals surface area contributed by atoms with Crippen LogP contribution in [0.25, 0.3) is 0 Å². The van der Waals surface area contributed by atoms with Crippen LogP contribution < -0.4 is 4.74 Å². The molecular formula is C24H32N2O4. The van der Waals surface area contributed by atoms with Gasteiger partial charge in [-0.3, -0.25) is 9.59 Å². The number of benzene rings is 1. The van der Waals surface area contributed by atoms with Crippen LogP contribution in [-0.4, -0.2) is 61.9 Å². The molecule has 162 valence electrons. The van der Waals surface area contributed by atoms with Crippen molar-refractivity contribution in [3.05, 3.63) is 41.2 Å². The van der Waals surface area contributed by atoms with Gasteiger partial charge >= 0.3 is 0 Å². The van der Waals surface area contributed by atoms with Crippen molar-refractivity contribution in [3.63, 3.8) is 0 Å². The van der Waals surface area contributed by atoms with E-state index in [0.717, 1.165) is 18.4 Å². The van der Waals surface area contributed by atoms with Crippen molar-refractivity contribution in [2.45, 2.75) is 38.8 Å². The molecule has 5 unspecified atom stereocenters. The van der Waals surface area contributed by atoms with Crippen LogP contribution in [0.4, 0.5) is 0 Å². The third-order valence-electron chi connectivity index (χ3n) is 7.03. The van der Waals surface area contributed by atoms with Gasteiger partial charge < -0.3 is 19.3 Å². The zero-order valence-electron chi connectivity index (χ0n) is 18.6. The minimum atomic E-state index is -0.466. The first-order valence-corrected chi connectivity index (χ1v) is 10.9. The number of para-hydroxylation sites is 1. The molecule has 0 bridgehead atoms. The lowest BCUT2D eigenvalue weighted by Crippen LogP contribution is -2.43. The summed E-state index contributed by atoms with van der Waals surface area (Å²) in [4.78, 5) is 31.0. The van der Waals surface area contributed by atoms with Gasteiger partial charge in [-0.1, -0.05) is 32.0 Å². The summed E-state index contributed by atoms with van der Waals surface area (Å²) in [5, 5.41) is 0. The molecule has 0 radical (unpaired) electrons. The van der Waals surface area contributed by atoms with Gasteiger partial charge in [-0.05, 0) is 44.8 Å². The first-order valence-electron chi connectivity index (χ1n) is 10.9. The Labute approximate surface area is 178 Å². The van der Waals surface area contributed by atoms with E-state index in [0.29, 0.717) is 36.2 Å². The van der Waals surface area contributed by atoms with Crippen molar-refractivity contribution in [2.75, 3.05) is 34.3 Å². The predicted octanol–water partition coefficient (Wildman–Crippen LogP) is 3.04. The van der Waals surface area contributed by atoms with Gasteiger partial charge in [0, 0.05) is 18.7 Å². The summed E-state index contributed by atoms with van der Waals surface area (Å²) in [6, 6.07) is 7.18. The Kier molecular flexibility index (Phi) is 5.62. The van der Waals surface area contributed by atoms with Crippen molar-refractivity contribution in [1.82, 2.24) is 9.80 Å². The first-order chi connectivity index (χ1) is 14.3. The fourth-order valence-electron chi connectivity index (χ4n) is 5.06. The Bertz CT molecular complexity index is 878. The summed E-state index contributed by atoms with van der Waals surface area (Å²) in [7, 11) is 5.57. The molecule has 3 aliphatic rings. The third kappa shape index (κ3) is 3.41. The molecule has 1 aromatic carbocycles. The highest BCUT2D eigenvalue weighted by atomic mass is 16.5. The van der Waals surface area contributed by atoms with Gasteiger partial charge in [0.1, 0.15) is 11.9 Å². The number of likely N-dealkylation sites (N-methyl/N-ethyl adjacent to an activating group) is 1. The van der Waals surface area contributed by atoms with E-state index in [9.17, 15) is 9.59 Å². The number of carbonyl (C=O) groups is 2. The van der Waals surface area contributed by atoms with Gasteiger partial charge in [0.2, 0.25) is 0 Å². The highest BCUT2D eigenvalue weighted by Gasteiger charge is 2.53. The molecule has 0 N–H and O–H groups in total. The van der Waals surface area contributed by atoms with Gasteiger partial charge in [-0.25, -0.2) is 0 Å². The number of rotatable bonds is 5. The fraction of sp³-hybridized carbons (Fsp3) is 0.583. The molecule has 0 aromatic heterocycles. The molecule has 30 heavy (non-hydrogen) atoms. The molecule has 1 fully saturated rings. The number of amides is 1. The second-order valence-corrected chi connectivity index (χ2v) is 9.24. The van der Waals surface area contributed by atoms with Gasteiger partial charge in [0.25, 0.3) is 5.91 Å². The zero-order chi connectivity index (χ0) is 21.6. The summed E-state index contributed by atoms with van der Waals surface area (Å²) in [5.74, 6) is 1.61. The molecule has 1 aromatic rings. The predicted molar refractivity (Wildman–Crippen MR) is 114 cm³/mol. The molecule has 0 spiro atoms. The maximum absolute atomic E-state index is 13.7. The molecule has 2 heterocycles. The Morgan fingerprint density at radius 3 is 2.53 bits per heavy atom. The van der Waals surface area contributed by atoms with E-state index >= 15 is 0 Å². The van der Waals surface area contributed by atoms with Gasteiger partial charge in [0.05, 0.1) is 24.6 Å². The van der Waals surface area contributed by atoms with Crippen LogP contribution in [0.3, 0.4) is 0 Å². The number of fused-ring (bicyclic) bond motifs is 1. The third-order valence-corrected chi connectivity index (χ3v) is 7.03. The molecule has 2 aliphatic heterocycles. The van der Waals surface area contributed by atoms with Crippen LogP contribution in [0, 0.1) is 17.8 Å². The summed E-state index contributed by atoms with van der Waals surface area (Å²) < 4.78 is 11.9. The van der Waals surface area contributed by atoms with Crippen molar-refractivity contribution in [1.29, 1.82) is 0 Å². The maximum atomic E-state index is 13.7. The molecule has 5 atom stereocenters. The van der Waals surface area contributed by atoms with Crippen LogP contribution in [0.15, 0.2) is 35.6 Å². The lowest BCUT2D eigenvalue weighted by atomic mass is 9.70. The highest BCUT2D eigenvalue weighted by Crippen LogP contribution is 2.49. The average Bonchev–Trinajstić information content (AvgIpc) is 3.00. The smallest absolute Gasteiger partial charge is 0.290 e. The van der Waals surface area contributed by atoms with Gasteiger partial charge in [-0.15, -0.1) is 0 Å². The maximum Gasteiger partial charge on any atom is 0.290 e. The lowest BCUT2D eigenvalue weighted by Gasteiger charge is -2.40. The Balaban J connectivity index is 1.78. The number of hydrogen-bond acceptors (Lipinski definition) is 5. The van der Waals surface area contributed by atoms with E-state index in [1.54, 1.807) is 12.0 Å². The highest BCUT2D eigenvalue weighted by molar-refractivity contribution is 6.11. The second kappa shape index (κ2) is 8.06. The minimum absolute atomic E-state index is 0.0802. The van der Waals surface area contributed by atoms with Gasteiger partial charge in [0.15, 0.2) is 11.5 Å².